The normalized spacial score (nSPS) is 14.5. The van der Waals surface area contributed by atoms with E-state index in [1.807, 2.05) is 18.2 Å². The van der Waals surface area contributed by atoms with Crippen LogP contribution < -0.4 is 10.6 Å². The molecule has 8 heteroatoms. The van der Waals surface area contributed by atoms with Crippen LogP contribution in [-0.4, -0.2) is 46.2 Å². The van der Waals surface area contributed by atoms with Gasteiger partial charge >= 0.3 is 0 Å². The maximum absolute atomic E-state index is 5.62. The van der Waals surface area contributed by atoms with Crippen LogP contribution >= 0.6 is 11.3 Å². The summed E-state index contributed by atoms with van der Waals surface area (Å²) in [7, 11) is 0. The monoisotopic (exact) mass is 389 g/mol. The molecule has 1 radical (unpaired) electrons. The lowest BCUT2D eigenvalue weighted by Gasteiger charge is -2.28. The summed E-state index contributed by atoms with van der Waals surface area (Å²) in [6, 6.07) is 13.3. The van der Waals surface area contributed by atoms with Gasteiger partial charge in [-0.05, 0) is 23.8 Å². The van der Waals surface area contributed by atoms with Gasteiger partial charge in [-0.25, -0.2) is 19.9 Å². The van der Waals surface area contributed by atoms with Crippen LogP contribution in [0.25, 0.3) is 32.0 Å². The Morgan fingerprint density at radius 1 is 1.11 bits per heavy atom. The molecule has 0 bridgehead atoms. The molecular formula is C20H17N6OS. The Bertz CT molecular complexity index is 1110. The highest BCUT2D eigenvalue weighted by atomic mass is 32.1. The maximum atomic E-state index is 5.62. The van der Waals surface area contributed by atoms with Gasteiger partial charge in [0.2, 0.25) is 5.95 Å². The van der Waals surface area contributed by atoms with Crippen molar-refractivity contribution in [2.45, 2.75) is 0 Å². The first-order chi connectivity index (χ1) is 13.8. The van der Waals surface area contributed by atoms with E-state index in [-0.39, 0.29) is 5.95 Å². The third-order valence-electron chi connectivity index (χ3n) is 4.60. The average molecular weight is 389 g/mol. The van der Waals surface area contributed by atoms with Crippen molar-refractivity contribution in [3.05, 3.63) is 48.8 Å². The fourth-order valence-electron chi connectivity index (χ4n) is 3.19. The smallest absolute Gasteiger partial charge is 0.219 e. The molecule has 2 N–H and O–H groups in total. The second-order valence-corrected chi connectivity index (χ2v) is 7.45. The van der Waals surface area contributed by atoms with Gasteiger partial charge in [-0.1, -0.05) is 18.2 Å². The number of aromatic nitrogens is 4. The molecule has 3 aromatic heterocycles. The molecule has 0 atom stereocenters. The van der Waals surface area contributed by atoms with E-state index in [1.54, 1.807) is 23.7 Å². The third-order valence-corrected chi connectivity index (χ3v) is 5.68. The summed E-state index contributed by atoms with van der Waals surface area (Å²) < 4.78 is 5.52. The first kappa shape index (κ1) is 17.0. The summed E-state index contributed by atoms with van der Waals surface area (Å²) >= 11 is 1.65. The largest absolute Gasteiger partial charge is 0.378 e. The van der Waals surface area contributed by atoms with E-state index in [0.29, 0.717) is 19.0 Å². The van der Waals surface area contributed by atoms with Crippen molar-refractivity contribution in [1.29, 1.82) is 0 Å². The third kappa shape index (κ3) is 3.17. The van der Waals surface area contributed by atoms with E-state index in [0.717, 1.165) is 45.1 Å². The van der Waals surface area contributed by atoms with Crippen molar-refractivity contribution in [2.75, 3.05) is 36.9 Å². The van der Waals surface area contributed by atoms with Crippen LogP contribution in [0.1, 0.15) is 0 Å². The molecule has 0 spiro atoms. The molecule has 0 unspecified atom stereocenters. The number of benzene rings is 1. The molecule has 1 aliphatic rings. The fourth-order valence-corrected chi connectivity index (χ4v) is 4.22. The van der Waals surface area contributed by atoms with Gasteiger partial charge in [0.25, 0.3) is 0 Å². The molecule has 1 fully saturated rings. The van der Waals surface area contributed by atoms with Gasteiger partial charge in [0.05, 0.1) is 24.2 Å². The summed E-state index contributed by atoms with van der Waals surface area (Å²) in [6.45, 7) is 2.98. The highest BCUT2D eigenvalue weighted by Crippen LogP contribution is 2.37. The predicted molar refractivity (Wildman–Crippen MR) is 110 cm³/mol. The minimum absolute atomic E-state index is 0.233. The lowest BCUT2D eigenvalue weighted by Crippen LogP contribution is -2.37. The van der Waals surface area contributed by atoms with Crippen LogP contribution in [0.2, 0.25) is 0 Å². The molecular weight excluding hydrogens is 372 g/mol. The molecule has 7 nitrogen and oxygen atoms in total. The number of morpholine rings is 1. The van der Waals surface area contributed by atoms with Gasteiger partial charge < -0.3 is 15.4 Å². The molecule has 1 saturated heterocycles. The van der Waals surface area contributed by atoms with Crippen LogP contribution in [0, 0.1) is 6.07 Å². The summed E-state index contributed by atoms with van der Waals surface area (Å²) in [5.74, 6) is 1.75. The van der Waals surface area contributed by atoms with Crippen LogP contribution in [0.5, 0.6) is 0 Å². The van der Waals surface area contributed by atoms with Crippen molar-refractivity contribution >= 4 is 33.3 Å². The van der Waals surface area contributed by atoms with Crippen LogP contribution in [0.15, 0.2) is 42.7 Å². The number of fused-ring (bicyclic) bond motifs is 1. The molecule has 28 heavy (non-hydrogen) atoms. The molecule has 1 aromatic carbocycles. The summed E-state index contributed by atoms with van der Waals surface area (Å²) in [6.07, 6.45) is 3.32. The number of nitrogen functional groups attached to an aromatic ring is 1. The lowest BCUT2D eigenvalue weighted by atomic mass is 10.2. The highest BCUT2D eigenvalue weighted by Gasteiger charge is 2.20. The Hall–Kier alpha value is -3.10. The van der Waals surface area contributed by atoms with E-state index >= 15 is 0 Å². The Morgan fingerprint density at radius 3 is 2.68 bits per heavy atom. The second-order valence-electron chi connectivity index (χ2n) is 6.42. The zero-order chi connectivity index (χ0) is 18.9. The van der Waals surface area contributed by atoms with Gasteiger partial charge in [0, 0.05) is 30.4 Å². The molecule has 0 amide bonds. The van der Waals surface area contributed by atoms with Gasteiger partial charge in [0.1, 0.15) is 10.6 Å². The Labute approximate surface area is 165 Å². The van der Waals surface area contributed by atoms with E-state index in [9.17, 15) is 0 Å². The first-order valence-corrected chi connectivity index (χ1v) is 9.78. The molecule has 139 valence electrons. The Kier molecular flexibility index (Phi) is 4.34. The topological polar surface area (TPSA) is 90.0 Å². The highest BCUT2D eigenvalue weighted by molar-refractivity contribution is 7.21. The standard InChI is InChI=1S/C20H17N6OS/c21-20-22-11-14(12-23-20)17-24-18(26-6-8-27-9-7-26)15-10-16(28-19(15)25-17)13-4-2-1-3-5-13/h1-2,4-5,10-12H,6-9H2,(H2,21,22,23). The number of thiophene rings is 1. The van der Waals surface area contributed by atoms with Crippen molar-refractivity contribution in [1.82, 2.24) is 19.9 Å². The van der Waals surface area contributed by atoms with E-state index in [1.165, 1.54) is 0 Å². The van der Waals surface area contributed by atoms with Gasteiger partial charge in [-0.15, -0.1) is 11.3 Å². The van der Waals surface area contributed by atoms with Crippen molar-refractivity contribution in [2.24, 2.45) is 0 Å². The Balaban J connectivity index is 1.68. The molecule has 1 aliphatic heterocycles. The number of rotatable bonds is 3. The first-order valence-electron chi connectivity index (χ1n) is 8.96. The molecule has 4 heterocycles. The summed E-state index contributed by atoms with van der Waals surface area (Å²) in [5.41, 5.74) is 7.49. The van der Waals surface area contributed by atoms with Crippen molar-refractivity contribution in [3.8, 4) is 21.8 Å². The zero-order valence-electron chi connectivity index (χ0n) is 15.0. The Morgan fingerprint density at radius 2 is 1.93 bits per heavy atom. The molecule has 5 rings (SSSR count). The van der Waals surface area contributed by atoms with Gasteiger partial charge in [-0.3, -0.25) is 0 Å². The fraction of sp³-hybridized carbons (Fsp3) is 0.200. The van der Waals surface area contributed by atoms with Crippen LogP contribution in [-0.2, 0) is 4.74 Å². The minimum atomic E-state index is 0.233. The van der Waals surface area contributed by atoms with E-state index < -0.39 is 0 Å². The van der Waals surface area contributed by atoms with Gasteiger partial charge in [0.15, 0.2) is 5.82 Å². The second kappa shape index (κ2) is 7.14. The van der Waals surface area contributed by atoms with E-state index in [4.69, 9.17) is 20.4 Å². The number of hydrogen-bond donors (Lipinski definition) is 1. The van der Waals surface area contributed by atoms with Crippen LogP contribution in [0.4, 0.5) is 11.8 Å². The number of ether oxygens (including phenoxy) is 1. The minimum Gasteiger partial charge on any atom is -0.378 e. The van der Waals surface area contributed by atoms with Crippen molar-refractivity contribution < 1.29 is 4.74 Å². The lowest BCUT2D eigenvalue weighted by molar-refractivity contribution is 0.122. The molecule has 0 saturated carbocycles. The SMILES string of the molecule is Nc1ncc(-c2nc(N3CCOCC3)c3cc(-c4c[c]ccc4)sc3n2)cn1. The summed E-state index contributed by atoms with van der Waals surface area (Å²) in [5, 5.41) is 1.05. The van der Waals surface area contributed by atoms with Gasteiger partial charge in [-0.2, -0.15) is 0 Å². The molecule has 4 aromatic rings. The van der Waals surface area contributed by atoms with E-state index in [2.05, 4.69) is 33.1 Å². The predicted octanol–water partition coefficient (Wildman–Crippen LogP) is 3.03. The number of hydrogen-bond acceptors (Lipinski definition) is 8. The maximum Gasteiger partial charge on any atom is 0.219 e. The molecule has 0 aliphatic carbocycles. The van der Waals surface area contributed by atoms with Crippen LogP contribution in [0.3, 0.4) is 0 Å². The number of nitrogens with zero attached hydrogens (tertiary/aromatic N) is 5. The zero-order valence-corrected chi connectivity index (χ0v) is 15.8. The quantitative estimate of drug-likeness (QED) is 0.576. The number of nitrogens with two attached hydrogens (primary N) is 1. The average Bonchev–Trinajstić information content (AvgIpc) is 3.19. The summed E-state index contributed by atoms with van der Waals surface area (Å²) in [4.78, 5) is 22.2. The van der Waals surface area contributed by atoms with Crippen molar-refractivity contribution in [3.63, 3.8) is 0 Å². The number of anilines is 2.